The maximum atomic E-state index is 12.4. The van der Waals surface area contributed by atoms with Crippen LogP contribution in [-0.2, 0) is 25.5 Å². The van der Waals surface area contributed by atoms with E-state index in [-0.39, 0.29) is 25.3 Å². The van der Waals surface area contributed by atoms with E-state index in [0.717, 1.165) is 5.52 Å². The Hall–Kier alpha value is -3.68. The summed E-state index contributed by atoms with van der Waals surface area (Å²) in [6.45, 7) is -0.551. The number of carbonyl (C=O) groups excluding carboxylic acids is 3. The molecule has 8 heteroatoms. The molecule has 0 atom stereocenters. The first kappa shape index (κ1) is 17.7. The Bertz CT molecular complexity index is 1030. The predicted molar refractivity (Wildman–Crippen MR) is 101 cm³/mol. The quantitative estimate of drug-likeness (QED) is 0.683. The van der Waals surface area contributed by atoms with Crippen LogP contribution < -0.4 is 10.2 Å². The number of carbonyl (C=O) groups is 3. The highest BCUT2D eigenvalue weighted by molar-refractivity contribution is 6.10. The second kappa shape index (κ2) is 7.51. The fourth-order valence-electron chi connectivity index (χ4n) is 2.98. The summed E-state index contributed by atoms with van der Waals surface area (Å²) >= 11 is 0. The van der Waals surface area contributed by atoms with Gasteiger partial charge in [-0.3, -0.25) is 19.3 Å². The third-order valence-electron chi connectivity index (χ3n) is 4.31. The van der Waals surface area contributed by atoms with E-state index in [2.05, 4.69) is 10.3 Å². The predicted octanol–water partition coefficient (Wildman–Crippen LogP) is 2.29. The molecule has 1 aliphatic rings. The molecule has 0 aliphatic carbocycles. The number of esters is 1. The number of para-hydroxylation sites is 4. The van der Waals surface area contributed by atoms with Gasteiger partial charge in [-0.2, -0.15) is 0 Å². The molecule has 0 radical (unpaired) electrons. The summed E-state index contributed by atoms with van der Waals surface area (Å²) in [5.74, 6) is -0.858. The van der Waals surface area contributed by atoms with Crippen LogP contribution in [0.25, 0.3) is 11.1 Å². The first-order valence-corrected chi connectivity index (χ1v) is 8.79. The fraction of sp³-hybridized carbons (Fsp3) is 0.200. The highest BCUT2D eigenvalue weighted by Crippen LogP contribution is 2.28. The molecule has 8 nitrogen and oxygen atoms in total. The van der Waals surface area contributed by atoms with Gasteiger partial charge in [-0.15, -0.1) is 0 Å². The van der Waals surface area contributed by atoms with E-state index < -0.39 is 18.5 Å². The summed E-state index contributed by atoms with van der Waals surface area (Å²) in [6, 6.07) is 14.3. The Balaban J connectivity index is 1.32. The number of anilines is 2. The van der Waals surface area contributed by atoms with E-state index in [9.17, 15) is 14.4 Å². The van der Waals surface area contributed by atoms with E-state index in [1.165, 1.54) is 4.90 Å². The zero-order valence-corrected chi connectivity index (χ0v) is 14.9. The smallest absolute Gasteiger partial charge is 0.306 e. The number of aromatic nitrogens is 1. The molecule has 1 aliphatic heterocycles. The van der Waals surface area contributed by atoms with Gasteiger partial charge >= 0.3 is 5.97 Å². The lowest BCUT2D eigenvalue weighted by molar-refractivity contribution is -0.147. The number of ether oxygens (including phenoxy) is 1. The van der Waals surface area contributed by atoms with Gasteiger partial charge in [-0.1, -0.05) is 24.3 Å². The summed E-state index contributed by atoms with van der Waals surface area (Å²) in [5, 5.41) is 2.70. The van der Waals surface area contributed by atoms with Gasteiger partial charge in [0.25, 0.3) is 5.91 Å². The van der Waals surface area contributed by atoms with Crippen molar-refractivity contribution in [3.8, 4) is 0 Å². The number of aryl methyl sites for hydroxylation is 1. The number of nitrogens with zero attached hydrogens (tertiary/aromatic N) is 2. The van der Waals surface area contributed by atoms with Crippen LogP contribution >= 0.6 is 0 Å². The minimum atomic E-state index is -0.537. The Morgan fingerprint density at radius 1 is 1.14 bits per heavy atom. The molecule has 1 aromatic heterocycles. The number of nitrogens with one attached hydrogen (secondary N) is 1. The number of rotatable bonds is 5. The molecule has 0 fully saturated rings. The van der Waals surface area contributed by atoms with Crippen LogP contribution in [0.1, 0.15) is 12.3 Å². The molecule has 3 aromatic rings. The van der Waals surface area contributed by atoms with Gasteiger partial charge in [0.1, 0.15) is 12.1 Å². The fourth-order valence-corrected chi connectivity index (χ4v) is 2.98. The molecular formula is C20H17N3O5. The number of fused-ring (bicyclic) bond motifs is 2. The first-order valence-electron chi connectivity index (χ1n) is 8.79. The van der Waals surface area contributed by atoms with Crippen molar-refractivity contribution >= 4 is 40.3 Å². The topological polar surface area (TPSA) is 102 Å². The average molecular weight is 379 g/mol. The Labute approximate surface area is 160 Å². The number of hydrogen-bond donors (Lipinski definition) is 1. The number of amides is 2. The first-order chi connectivity index (χ1) is 13.6. The van der Waals surface area contributed by atoms with Gasteiger partial charge in [0, 0.05) is 6.42 Å². The van der Waals surface area contributed by atoms with Gasteiger partial charge in [-0.05, 0) is 24.3 Å². The second-order valence-electron chi connectivity index (χ2n) is 6.28. The largest absolute Gasteiger partial charge is 0.456 e. The van der Waals surface area contributed by atoms with E-state index in [4.69, 9.17) is 9.15 Å². The van der Waals surface area contributed by atoms with Crippen molar-refractivity contribution in [1.29, 1.82) is 0 Å². The molecule has 0 saturated heterocycles. The zero-order chi connectivity index (χ0) is 19.5. The summed E-state index contributed by atoms with van der Waals surface area (Å²) in [7, 11) is 0. The third kappa shape index (κ3) is 3.71. The number of benzene rings is 2. The van der Waals surface area contributed by atoms with Crippen molar-refractivity contribution in [3.05, 3.63) is 54.4 Å². The maximum absolute atomic E-state index is 12.4. The summed E-state index contributed by atoms with van der Waals surface area (Å²) < 4.78 is 10.6. The SMILES string of the molecule is O=C1CN(C(=O)COC(=O)CCc2nc3ccccc3o2)c2ccccc2N1. The molecule has 1 N–H and O–H groups in total. The van der Waals surface area contributed by atoms with E-state index >= 15 is 0 Å². The molecule has 0 unspecified atom stereocenters. The van der Waals surface area contributed by atoms with E-state index in [1.807, 2.05) is 18.2 Å². The third-order valence-corrected chi connectivity index (χ3v) is 4.31. The maximum Gasteiger partial charge on any atom is 0.306 e. The molecule has 0 spiro atoms. The van der Waals surface area contributed by atoms with E-state index in [0.29, 0.717) is 22.8 Å². The molecule has 4 rings (SSSR count). The Morgan fingerprint density at radius 2 is 1.93 bits per heavy atom. The van der Waals surface area contributed by atoms with Crippen LogP contribution in [0.4, 0.5) is 11.4 Å². The highest BCUT2D eigenvalue weighted by Gasteiger charge is 2.27. The summed E-state index contributed by atoms with van der Waals surface area (Å²) in [5.41, 5.74) is 2.51. The van der Waals surface area contributed by atoms with Gasteiger partial charge in [0.2, 0.25) is 5.91 Å². The van der Waals surface area contributed by atoms with Gasteiger partial charge in [0.05, 0.1) is 17.8 Å². The zero-order valence-electron chi connectivity index (χ0n) is 14.9. The normalized spacial score (nSPS) is 13.1. The van der Waals surface area contributed by atoms with Crippen molar-refractivity contribution < 1.29 is 23.5 Å². The minimum absolute atomic E-state index is 0.0389. The monoisotopic (exact) mass is 379 g/mol. The number of hydrogen-bond acceptors (Lipinski definition) is 6. The Kier molecular flexibility index (Phi) is 4.76. The minimum Gasteiger partial charge on any atom is -0.456 e. The summed E-state index contributed by atoms with van der Waals surface area (Å²) in [6.07, 6.45) is 0.313. The van der Waals surface area contributed by atoms with Gasteiger partial charge < -0.3 is 14.5 Å². The Morgan fingerprint density at radius 3 is 2.79 bits per heavy atom. The van der Waals surface area contributed by atoms with Crippen LogP contribution in [0.3, 0.4) is 0 Å². The molecule has 2 heterocycles. The summed E-state index contributed by atoms with van der Waals surface area (Å²) in [4.78, 5) is 41.8. The standard InChI is InChI=1S/C20H17N3O5/c24-17-11-23(15-7-3-1-5-13(15)21-17)19(25)12-27-20(26)10-9-18-22-14-6-2-4-8-16(14)28-18/h1-8H,9-12H2,(H,21,24). The molecule has 0 saturated carbocycles. The lowest BCUT2D eigenvalue weighted by Gasteiger charge is -2.28. The van der Waals surface area contributed by atoms with Crippen LogP contribution in [0, 0.1) is 0 Å². The van der Waals surface area contributed by atoms with Gasteiger partial charge in [-0.25, -0.2) is 4.98 Å². The second-order valence-corrected chi connectivity index (χ2v) is 6.28. The van der Waals surface area contributed by atoms with Crippen molar-refractivity contribution in [1.82, 2.24) is 4.98 Å². The molecule has 2 amide bonds. The average Bonchev–Trinajstić information content (AvgIpc) is 3.12. The lowest BCUT2D eigenvalue weighted by atomic mass is 10.2. The van der Waals surface area contributed by atoms with Crippen LogP contribution in [0.5, 0.6) is 0 Å². The molecule has 28 heavy (non-hydrogen) atoms. The van der Waals surface area contributed by atoms with Crippen molar-refractivity contribution in [2.24, 2.45) is 0 Å². The van der Waals surface area contributed by atoms with Crippen LogP contribution in [0.2, 0.25) is 0 Å². The van der Waals surface area contributed by atoms with Crippen molar-refractivity contribution in [2.45, 2.75) is 12.8 Å². The lowest BCUT2D eigenvalue weighted by Crippen LogP contribution is -2.44. The highest BCUT2D eigenvalue weighted by atomic mass is 16.5. The van der Waals surface area contributed by atoms with Crippen LogP contribution in [-0.4, -0.2) is 35.9 Å². The molecule has 2 aromatic carbocycles. The number of oxazole rings is 1. The van der Waals surface area contributed by atoms with E-state index in [1.54, 1.807) is 30.3 Å². The van der Waals surface area contributed by atoms with Gasteiger partial charge in [0.15, 0.2) is 18.1 Å². The molecule has 142 valence electrons. The molecule has 0 bridgehead atoms. The van der Waals surface area contributed by atoms with Crippen molar-refractivity contribution in [2.75, 3.05) is 23.4 Å². The molecular weight excluding hydrogens is 362 g/mol. The van der Waals surface area contributed by atoms with Crippen LogP contribution in [0.15, 0.2) is 52.9 Å². The van der Waals surface area contributed by atoms with Crippen molar-refractivity contribution in [3.63, 3.8) is 0 Å².